The first-order chi connectivity index (χ1) is 14.2. The van der Waals surface area contributed by atoms with Crippen LogP contribution in [0.4, 0.5) is 0 Å². The van der Waals surface area contributed by atoms with Crippen LogP contribution >= 0.6 is 0 Å². The molecule has 0 saturated carbocycles. The molecule has 0 bridgehead atoms. The summed E-state index contributed by atoms with van der Waals surface area (Å²) in [6, 6.07) is -0.0606. The van der Waals surface area contributed by atoms with Crippen molar-refractivity contribution in [2.45, 2.75) is 60.4 Å². The zero-order chi connectivity index (χ0) is 22.8. The van der Waals surface area contributed by atoms with Crippen molar-refractivity contribution in [1.82, 2.24) is 10.6 Å². The monoisotopic (exact) mass is 424 g/mol. The van der Waals surface area contributed by atoms with Crippen LogP contribution in [-0.4, -0.2) is 49.7 Å². The van der Waals surface area contributed by atoms with Crippen LogP contribution in [0.15, 0.2) is 22.5 Å². The highest BCUT2D eigenvalue weighted by molar-refractivity contribution is 6.05. The molecule has 1 aliphatic rings. The lowest BCUT2D eigenvalue weighted by Gasteiger charge is -2.28. The molecule has 1 rings (SSSR count). The first kappa shape index (κ1) is 25.2. The lowest BCUT2D eigenvalue weighted by atomic mass is 9.85. The second-order valence-corrected chi connectivity index (χ2v) is 6.94. The topological polar surface area (TPSA) is 120 Å². The number of esters is 3. The highest BCUT2D eigenvalue weighted by atomic mass is 16.5. The average Bonchev–Trinajstić information content (AvgIpc) is 2.65. The molecule has 0 fully saturated rings. The molecule has 0 spiro atoms. The van der Waals surface area contributed by atoms with E-state index in [0.29, 0.717) is 11.4 Å². The summed E-state index contributed by atoms with van der Waals surface area (Å²) >= 11 is 0. The zero-order valence-corrected chi connectivity index (χ0v) is 18.5. The summed E-state index contributed by atoms with van der Waals surface area (Å²) in [5.41, 5.74) is 0.634. The third-order valence-electron chi connectivity index (χ3n) is 4.46. The van der Waals surface area contributed by atoms with E-state index < -0.39 is 36.3 Å². The Hall–Kier alpha value is -2.84. The van der Waals surface area contributed by atoms with Gasteiger partial charge in [0.15, 0.2) is 6.61 Å². The van der Waals surface area contributed by atoms with Gasteiger partial charge in [-0.2, -0.15) is 0 Å². The van der Waals surface area contributed by atoms with Crippen molar-refractivity contribution in [3.63, 3.8) is 0 Å². The third-order valence-corrected chi connectivity index (χ3v) is 4.46. The molecule has 9 nitrogen and oxygen atoms in total. The molecule has 0 aliphatic carbocycles. The van der Waals surface area contributed by atoms with Crippen LogP contribution in [0.3, 0.4) is 0 Å². The smallest absolute Gasteiger partial charge is 0.337 e. The van der Waals surface area contributed by atoms with E-state index in [9.17, 15) is 19.2 Å². The van der Waals surface area contributed by atoms with Gasteiger partial charge in [-0.25, -0.2) is 9.59 Å². The molecule has 0 radical (unpaired) electrons. The molecule has 1 heterocycles. The second kappa shape index (κ2) is 12.0. The number of dihydropyridines is 1. The number of hydrogen-bond acceptors (Lipinski definition) is 8. The number of carbonyl (C=O) groups excluding carboxylic acids is 4. The van der Waals surface area contributed by atoms with E-state index >= 15 is 0 Å². The normalized spacial score (nSPS) is 15.3. The molecule has 168 valence electrons. The van der Waals surface area contributed by atoms with Crippen molar-refractivity contribution < 1.29 is 33.4 Å². The molecular formula is C21H32N2O7. The van der Waals surface area contributed by atoms with Crippen LogP contribution in [0, 0.1) is 5.92 Å². The molecule has 2 N–H and O–H groups in total. The molecule has 30 heavy (non-hydrogen) atoms. The summed E-state index contributed by atoms with van der Waals surface area (Å²) in [6.45, 7) is 9.95. The fourth-order valence-electron chi connectivity index (χ4n) is 3.23. The predicted molar refractivity (Wildman–Crippen MR) is 109 cm³/mol. The number of hydrogen-bond donors (Lipinski definition) is 2. The largest absolute Gasteiger partial charge is 0.463 e. The lowest BCUT2D eigenvalue weighted by Crippen LogP contribution is -2.40. The fourth-order valence-corrected chi connectivity index (χ4v) is 3.23. The summed E-state index contributed by atoms with van der Waals surface area (Å²) in [5, 5.41) is 5.65. The second-order valence-electron chi connectivity index (χ2n) is 6.94. The summed E-state index contributed by atoms with van der Waals surface area (Å²) in [6.07, 6.45) is 1.69. The Balaban J connectivity index is 3.14. The van der Waals surface area contributed by atoms with Gasteiger partial charge in [-0.15, -0.1) is 0 Å². The molecule has 1 aliphatic heterocycles. The van der Waals surface area contributed by atoms with Crippen LogP contribution in [0.5, 0.6) is 0 Å². The molecule has 0 aromatic heterocycles. The Morgan fingerprint density at radius 1 is 0.933 bits per heavy atom. The first-order valence-electron chi connectivity index (χ1n) is 10.2. The van der Waals surface area contributed by atoms with Crippen molar-refractivity contribution in [2.24, 2.45) is 5.92 Å². The van der Waals surface area contributed by atoms with Gasteiger partial charge in [-0.1, -0.05) is 13.3 Å². The van der Waals surface area contributed by atoms with E-state index in [4.69, 9.17) is 14.2 Å². The van der Waals surface area contributed by atoms with Crippen LogP contribution < -0.4 is 10.6 Å². The van der Waals surface area contributed by atoms with E-state index in [1.807, 2.05) is 13.8 Å². The number of nitrogens with one attached hydrogen (secondary N) is 2. The number of allylic oxidation sites excluding steroid dienone is 2. The molecule has 0 aromatic carbocycles. The standard InChI is InChI=1S/C21H32N2O7/c1-7-10-12(4)22-15(24)11-30-21(27)18-16(19(25)28-8-2)13(5)23-14(6)17(18)20(26)29-9-3/h12,18,23H,7-11H2,1-6H3,(H,22,24)/t12-/m1/s1. The van der Waals surface area contributed by atoms with Crippen LogP contribution in [-0.2, 0) is 33.4 Å². The maximum Gasteiger partial charge on any atom is 0.337 e. The fraction of sp³-hybridized carbons (Fsp3) is 0.619. The lowest BCUT2D eigenvalue weighted by molar-refractivity contribution is -0.154. The third kappa shape index (κ3) is 6.60. The summed E-state index contributed by atoms with van der Waals surface area (Å²) in [5.74, 6) is -4.22. The number of ether oxygens (including phenoxy) is 3. The SMILES string of the molecule is CCC[C@@H](C)NC(=O)COC(=O)C1C(C(=O)OCC)=C(C)NC(C)=C1C(=O)OCC. The summed E-state index contributed by atoms with van der Waals surface area (Å²) < 4.78 is 15.3. The van der Waals surface area contributed by atoms with Gasteiger partial charge in [0, 0.05) is 17.4 Å². The predicted octanol–water partition coefficient (Wildman–Crippen LogP) is 1.73. The number of rotatable bonds is 10. The molecule has 0 saturated heterocycles. The Labute approximate surface area is 177 Å². The van der Waals surface area contributed by atoms with Crippen LogP contribution in [0.2, 0.25) is 0 Å². The molecule has 0 aromatic rings. The summed E-state index contributed by atoms with van der Waals surface area (Å²) in [4.78, 5) is 50.1. The molecule has 9 heteroatoms. The van der Waals surface area contributed by atoms with Crippen molar-refractivity contribution in [3.05, 3.63) is 22.5 Å². The Bertz CT molecular complexity index is 700. The maximum atomic E-state index is 12.9. The maximum absolute atomic E-state index is 12.9. The van der Waals surface area contributed by atoms with Crippen molar-refractivity contribution in [2.75, 3.05) is 19.8 Å². The summed E-state index contributed by atoms with van der Waals surface area (Å²) in [7, 11) is 0. The van der Waals surface area contributed by atoms with E-state index in [-0.39, 0.29) is 30.4 Å². The highest BCUT2D eigenvalue weighted by Crippen LogP contribution is 2.32. The van der Waals surface area contributed by atoms with Gasteiger partial charge in [0.1, 0.15) is 5.92 Å². The van der Waals surface area contributed by atoms with Gasteiger partial charge >= 0.3 is 17.9 Å². The number of amides is 1. The van der Waals surface area contributed by atoms with Crippen molar-refractivity contribution >= 4 is 23.8 Å². The van der Waals surface area contributed by atoms with Crippen LogP contribution in [0.25, 0.3) is 0 Å². The minimum Gasteiger partial charge on any atom is -0.463 e. The van der Waals surface area contributed by atoms with Crippen LogP contribution in [0.1, 0.15) is 54.4 Å². The van der Waals surface area contributed by atoms with Crippen molar-refractivity contribution in [3.8, 4) is 0 Å². The Kier molecular flexibility index (Phi) is 10.1. The van der Waals surface area contributed by atoms with E-state index in [1.165, 1.54) is 0 Å². The first-order valence-corrected chi connectivity index (χ1v) is 10.2. The van der Waals surface area contributed by atoms with E-state index in [2.05, 4.69) is 10.6 Å². The van der Waals surface area contributed by atoms with Gasteiger partial charge in [0.25, 0.3) is 5.91 Å². The van der Waals surface area contributed by atoms with E-state index in [1.54, 1.807) is 27.7 Å². The molecule has 1 atom stereocenters. The number of carbonyl (C=O) groups is 4. The molecule has 1 amide bonds. The van der Waals surface area contributed by atoms with Gasteiger partial charge in [0.05, 0.1) is 24.4 Å². The minimum absolute atomic E-state index is 0.0461. The minimum atomic E-state index is -1.36. The van der Waals surface area contributed by atoms with Crippen molar-refractivity contribution in [1.29, 1.82) is 0 Å². The van der Waals surface area contributed by atoms with E-state index in [0.717, 1.165) is 12.8 Å². The quantitative estimate of drug-likeness (QED) is 0.402. The molecular weight excluding hydrogens is 392 g/mol. The van der Waals surface area contributed by atoms with Gasteiger partial charge < -0.3 is 24.8 Å². The Morgan fingerprint density at radius 3 is 1.87 bits per heavy atom. The average molecular weight is 424 g/mol. The van der Waals surface area contributed by atoms with Gasteiger partial charge in [0.2, 0.25) is 0 Å². The highest BCUT2D eigenvalue weighted by Gasteiger charge is 2.42. The van der Waals surface area contributed by atoms with Gasteiger partial charge in [-0.05, 0) is 41.0 Å². The zero-order valence-electron chi connectivity index (χ0n) is 18.5. The Morgan fingerprint density at radius 2 is 1.43 bits per heavy atom. The molecule has 0 unspecified atom stereocenters. The van der Waals surface area contributed by atoms with Gasteiger partial charge in [-0.3, -0.25) is 9.59 Å².